The maximum atomic E-state index is 12.5. The molecule has 2 N–H and O–H groups in total. The van der Waals surface area contributed by atoms with Gasteiger partial charge in [0.1, 0.15) is 0 Å². The van der Waals surface area contributed by atoms with E-state index in [0.29, 0.717) is 17.8 Å². The van der Waals surface area contributed by atoms with Crippen molar-refractivity contribution in [2.24, 2.45) is 5.73 Å². The molecule has 0 bridgehead atoms. The molecule has 0 heterocycles. The van der Waals surface area contributed by atoms with Gasteiger partial charge < -0.3 is 10.6 Å². The number of sulfone groups is 1. The SMILES string of the molecule is CN(Cc1cccc(C(N)=O)c1)c1ccc(S(=O)(=O)C(F)(F)F)cc1. The number of rotatable bonds is 5. The lowest BCUT2D eigenvalue weighted by atomic mass is 10.1. The van der Waals surface area contributed by atoms with Crippen LogP contribution in [0, 0.1) is 0 Å². The molecule has 0 spiro atoms. The molecule has 2 aromatic rings. The van der Waals surface area contributed by atoms with E-state index in [1.54, 1.807) is 36.2 Å². The third-order valence-electron chi connectivity index (χ3n) is 3.52. The Morgan fingerprint density at radius 1 is 1.12 bits per heavy atom. The monoisotopic (exact) mass is 372 g/mol. The van der Waals surface area contributed by atoms with Crippen LogP contribution in [0.15, 0.2) is 53.4 Å². The van der Waals surface area contributed by atoms with Gasteiger partial charge in [0, 0.05) is 24.8 Å². The van der Waals surface area contributed by atoms with Gasteiger partial charge in [-0.1, -0.05) is 12.1 Å². The first-order valence-electron chi connectivity index (χ1n) is 7.03. The molecule has 0 aliphatic heterocycles. The number of benzene rings is 2. The molecule has 134 valence electrons. The maximum Gasteiger partial charge on any atom is 0.501 e. The van der Waals surface area contributed by atoms with E-state index in [1.807, 2.05) is 0 Å². The lowest BCUT2D eigenvalue weighted by molar-refractivity contribution is -0.0436. The van der Waals surface area contributed by atoms with Crippen LogP contribution in [0.4, 0.5) is 18.9 Å². The fraction of sp³-hybridized carbons (Fsp3) is 0.188. The van der Waals surface area contributed by atoms with E-state index in [1.165, 1.54) is 12.1 Å². The molecule has 1 amide bonds. The second-order valence-corrected chi connectivity index (χ2v) is 7.30. The number of hydrogen-bond donors (Lipinski definition) is 1. The highest BCUT2D eigenvalue weighted by Crippen LogP contribution is 2.31. The Kier molecular flexibility index (Phi) is 5.07. The van der Waals surface area contributed by atoms with Crippen LogP contribution in [0.25, 0.3) is 0 Å². The summed E-state index contributed by atoms with van der Waals surface area (Å²) < 4.78 is 60.3. The fourth-order valence-corrected chi connectivity index (χ4v) is 2.96. The Balaban J connectivity index is 2.20. The minimum absolute atomic E-state index is 0.345. The Bertz CT molecular complexity index is 878. The quantitative estimate of drug-likeness (QED) is 0.875. The Hall–Kier alpha value is -2.55. The zero-order chi connectivity index (χ0) is 18.8. The zero-order valence-electron chi connectivity index (χ0n) is 13.1. The molecular weight excluding hydrogens is 357 g/mol. The number of primary amides is 1. The van der Waals surface area contributed by atoms with Gasteiger partial charge in [0.15, 0.2) is 0 Å². The van der Waals surface area contributed by atoms with E-state index in [4.69, 9.17) is 5.73 Å². The van der Waals surface area contributed by atoms with Gasteiger partial charge in [0.2, 0.25) is 5.91 Å². The first-order chi connectivity index (χ1) is 11.5. The van der Waals surface area contributed by atoms with Crippen molar-refractivity contribution in [3.8, 4) is 0 Å². The number of carbonyl (C=O) groups is 1. The van der Waals surface area contributed by atoms with Gasteiger partial charge in [-0.25, -0.2) is 8.42 Å². The zero-order valence-corrected chi connectivity index (χ0v) is 13.9. The van der Waals surface area contributed by atoms with E-state index in [2.05, 4.69) is 0 Å². The number of alkyl halides is 3. The van der Waals surface area contributed by atoms with Gasteiger partial charge in [-0.2, -0.15) is 13.2 Å². The molecule has 0 radical (unpaired) electrons. The van der Waals surface area contributed by atoms with Crippen LogP contribution < -0.4 is 10.6 Å². The molecule has 0 saturated heterocycles. The number of anilines is 1. The van der Waals surface area contributed by atoms with E-state index in [0.717, 1.165) is 17.7 Å². The molecule has 25 heavy (non-hydrogen) atoms. The molecule has 0 aromatic heterocycles. The summed E-state index contributed by atoms with van der Waals surface area (Å²) in [4.78, 5) is 12.1. The molecule has 0 atom stereocenters. The van der Waals surface area contributed by atoms with Gasteiger partial charge in [-0.05, 0) is 42.0 Å². The van der Waals surface area contributed by atoms with Crippen molar-refractivity contribution in [3.63, 3.8) is 0 Å². The summed E-state index contributed by atoms with van der Waals surface area (Å²) in [5.74, 6) is -0.564. The van der Waals surface area contributed by atoms with Crippen LogP contribution in [0.3, 0.4) is 0 Å². The summed E-state index contributed by atoms with van der Waals surface area (Å²) >= 11 is 0. The molecule has 0 aliphatic carbocycles. The average Bonchev–Trinajstić information content (AvgIpc) is 2.54. The highest BCUT2D eigenvalue weighted by atomic mass is 32.2. The highest BCUT2D eigenvalue weighted by Gasteiger charge is 2.46. The van der Waals surface area contributed by atoms with Crippen molar-refractivity contribution in [2.45, 2.75) is 16.9 Å². The minimum atomic E-state index is -5.36. The standard InChI is InChI=1S/C16H15F3N2O3S/c1-21(10-11-3-2-4-12(9-11)15(20)22)13-5-7-14(8-6-13)25(23,24)16(17,18)19/h2-9H,10H2,1H3,(H2,20,22). The third-order valence-corrected chi connectivity index (χ3v) is 5.03. The smallest absolute Gasteiger partial charge is 0.370 e. The van der Waals surface area contributed by atoms with E-state index in [9.17, 15) is 26.4 Å². The molecule has 2 rings (SSSR count). The second kappa shape index (κ2) is 6.75. The number of nitrogens with zero attached hydrogens (tertiary/aromatic N) is 1. The van der Waals surface area contributed by atoms with Crippen molar-refractivity contribution < 1.29 is 26.4 Å². The van der Waals surface area contributed by atoms with E-state index < -0.39 is 26.1 Å². The van der Waals surface area contributed by atoms with E-state index in [-0.39, 0.29) is 0 Å². The van der Waals surface area contributed by atoms with Gasteiger partial charge in [0.25, 0.3) is 9.84 Å². The van der Waals surface area contributed by atoms with Crippen LogP contribution in [-0.2, 0) is 16.4 Å². The summed E-state index contributed by atoms with van der Waals surface area (Å²) in [6.07, 6.45) is 0. The predicted octanol–water partition coefficient (Wildman–Crippen LogP) is 2.72. The Labute approximate surface area is 142 Å². The summed E-state index contributed by atoms with van der Waals surface area (Å²) in [5, 5.41) is 0. The number of nitrogens with two attached hydrogens (primary N) is 1. The van der Waals surface area contributed by atoms with Crippen molar-refractivity contribution >= 4 is 21.4 Å². The van der Waals surface area contributed by atoms with Crippen molar-refractivity contribution in [1.29, 1.82) is 0 Å². The number of halogens is 3. The topological polar surface area (TPSA) is 80.5 Å². The maximum absolute atomic E-state index is 12.5. The van der Waals surface area contributed by atoms with Crippen molar-refractivity contribution in [3.05, 3.63) is 59.7 Å². The molecule has 9 heteroatoms. The van der Waals surface area contributed by atoms with Gasteiger partial charge >= 0.3 is 5.51 Å². The van der Waals surface area contributed by atoms with Gasteiger partial charge in [-0.15, -0.1) is 0 Å². The number of hydrogen-bond acceptors (Lipinski definition) is 4. The highest BCUT2D eigenvalue weighted by molar-refractivity contribution is 7.92. The second-order valence-electron chi connectivity index (χ2n) is 5.36. The van der Waals surface area contributed by atoms with Crippen LogP contribution in [0.2, 0.25) is 0 Å². The van der Waals surface area contributed by atoms with E-state index >= 15 is 0 Å². The van der Waals surface area contributed by atoms with Crippen LogP contribution in [0.5, 0.6) is 0 Å². The summed E-state index contributed by atoms with van der Waals surface area (Å²) in [5.41, 5.74) is 1.51. The normalized spacial score (nSPS) is 12.0. The lowest BCUT2D eigenvalue weighted by Crippen LogP contribution is -2.23. The molecule has 0 unspecified atom stereocenters. The summed E-state index contributed by atoms with van der Waals surface area (Å²) in [7, 11) is -3.68. The third kappa shape index (κ3) is 4.11. The largest absolute Gasteiger partial charge is 0.501 e. The molecular formula is C16H15F3N2O3S. The lowest BCUT2D eigenvalue weighted by Gasteiger charge is -2.20. The van der Waals surface area contributed by atoms with Crippen LogP contribution >= 0.6 is 0 Å². The average molecular weight is 372 g/mol. The van der Waals surface area contributed by atoms with Crippen LogP contribution in [-0.4, -0.2) is 26.9 Å². The molecule has 2 aromatic carbocycles. The molecule has 0 saturated carbocycles. The summed E-state index contributed by atoms with van der Waals surface area (Å²) in [6.45, 7) is 0.354. The van der Waals surface area contributed by atoms with Crippen LogP contribution in [0.1, 0.15) is 15.9 Å². The first-order valence-corrected chi connectivity index (χ1v) is 8.52. The Morgan fingerprint density at radius 3 is 2.24 bits per heavy atom. The Morgan fingerprint density at radius 2 is 1.72 bits per heavy atom. The first kappa shape index (κ1) is 18.8. The number of amides is 1. The van der Waals surface area contributed by atoms with Gasteiger partial charge in [-0.3, -0.25) is 4.79 Å². The summed E-state index contributed by atoms with van der Waals surface area (Å²) in [6, 6.07) is 11.0. The predicted molar refractivity (Wildman–Crippen MR) is 86.7 cm³/mol. The molecule has 5 nitrogen and oxygen atoms in total. The van der Waals surface area contributed by atoms with Crippen molar-refractivity contribution in [2.75, 3.05) is 11.9 Å². The van der Waals surface area contributed by atoms with Gasteiger partial charge in [0.05, 0.1) is 4.90 Å². The minimum Gasteiger partial charge on any atom is -0.370 e. The molecule has 0 aliphatic rings. The fourth-order valence-electron chi connectivity index (χ4n) is 2.20. The molecule has 0 fully saturated rings. The number of carbonyl (C=O) groups excluding carboxylic acids is 1. The van der Waals surface area contributed by atoms with Crippen molar-refractivity contribution in [1.82, 2.24) is 0 Å².